The Morgan fingerprint density at radius 2 is 0.750 bits per heavy atom. The monoisotopic (exact) mass is 612 g/mol. The van der Waals surface area contributed by atoms with Gasteiger partial charge in [0.2, 0.25) is 0 Å². The molecule has 48 heavy (non-hydrogen) atoms. The number of rotatable bonds is 6. The molecular weight excluding hydrogens is 585 g/mol. The van der Waals surface area contributed by atoms with Gasteiger partial charge in [-0.3, -0.25) is 0 Å². The van der Waals surface area contributed by atoms with Gasteiger partial charge in [-0.2, -0.15) is 5.26 Å². The maximum atomic E-state index is 9.26. The minimum atomic E-state index is 0.630. The molecule has 1 heterocycles. The van der Waals surface area contributed by atoms with Crippen LogP contribution in [0.3, 0.4) is 0 Å². The lowest BCUT2D eigenvalue weighted by atomic mass is 9.90. The molecule has 0 radical (unpaired) electrons. The number of nitriles is 1. The molecule has 0 amide bonds. The summed E-state index contributed by atoms with van der Waals surface area (Å²) in [6.45, 7) is 0. The van der Waals surface area contributed by atoms with Crippen LogP contribution in [0.2, 0.25) is 0 Å². The van der Waals surface area contributed by atoms with E-state index < -0.39 is 0 Å². The highest BCUT2D eigenvalue weighted by molar-refractivity contribution is 6.05. The van der Waals surface area contributed by atoms with Crippen molar-refractivity contribution in [3.63, 3.8) is 0 Å². The summed E-state index contributed by atoms with van der Waals surface area (Å²) in [4.78, 5) is 14.7. The van der Waals surface area contributed by atoms with Gasteiger partial charge in [0, 0.05) is 16.7 Å². The number of nitrogens with zero attached hydrogens (tertiary/aromatic N) is 4. The Bertz CT molecular complexity index is 2390. The summed E-state index contributed by atoms with van der Waals surface area (Å²) >= 11 is 0. The number of benzene rings is 7. The lowest BCUT2D eigenvalue weighted by Crippen LogP contribution is -2.00. The van der Waals surface area contributed by atoms with Crippen LogP contribution in [0.15, 0.2) is 170 Å². The SMILES string of the molecule is N#Cc1ccc(-c2ccc(-c3cccc(-c4cccc(-c5nc(-c6ccccc6)nc(-c6ccccc6)n5)c4)c3)c3ccccc23)cc1. The zero-order valence-electron chi connectivity index (χ0n) is 26.0. The summed E-state index contributed by atoms with van der Waals surface area (Å²) in [5.41, 5.74) is 10.2. The van der Waals surface area contributed by atoms with Crippen molar-refractivity contribution < 1.29 is 0 Å². The van der Waals surface area contributed by atoms with Crippen LogP contribution in [0, 0.1) is 11.3 Å². The van der Waals surface area contributed by atoms with E-state index in [9.17, 15) is 5.26 Å². The van der Waals surface area contributed by atoms with Gasteiger partial charge in [-0.15, -0.1) is 0 Å². The smallest absolute Gasteiger partial charge is 0.164 e. The van der Waals surface area contributed by atoms with Gasteiger partial charge in [-0.25, -0.2) is 15.0 Å². The van der Waals surface area contributed by atoms with Gasteiger partial charge < -0.3 is 0 Å². The van der Waals surface area contributed by atoms with Crippen LogP contribution in [0.4, 0.5) is 0 Å². The molecule has 0 N–H and O–H groups in total. The Morgan fingerprint density at radius 3 is 1.29 bits per heavy atom. The van der Waals surface area contributed by atoms with Crippen LogP contribution < -0.4 is 0 Å². The largest absolute Gasteiger partial charge is 0.208 e. The summed E-state index contributed by atoms with van der Waals surface area (Å²) in [6, 6.07) is 60.1. The molecule has 0 bridgehead atoms. The molecule has 4 heteroatoms. The fraction of sp³-hybridized carbons (Fsp3) is 0. The molecule has 7 aromatic carbocycles. The molecule has 0 aliphatic carbocycles. The van der Waals surface area contributed by atoms with Gasteiger partial charge in [0.25, 0.3) is 0 Å². The molecule has 0 saturated heterocycles. The van der Waals surface area contributed by atoms with E-state index in [4.69, 9.17) is 15.0 Å². The molecule has 224 valence electrons. The summed E-state index contributed by atoms with van der Waals surface area (Å²) in [5, 5.41) is 11.6. The van der Waals surface area contributed by atoms with Crippen LogP contribution >= 0.6 is 0 Å². The van der Waals surface area contributed by atoms with Crippen molar-refractivity contribution in [1.29, 1.82) is 5.26 Å². The Morgan fingerprint density at radius 1 is 0.333 bits per heavy atom. The molecule has 8 rings (SSSR count). The van der Waals surface area contributed by atoms with Crippen molar-refractivity contribution in [3.05, 3.63) is 175 Å². The molecule has 0 unspecified atom stereocenters. The van der Waals surface area contributed by atoms with Crippen LogP contribution in [0.1, 0.15) is 5.56 Å². The van der Waals surface area contributed by atoms with Crippen LogP contribution in [0.25, 0.3) is 78.3 Å². The quantitative estimate of drug-likeness (QED) is 0.187. The highest BCUT2D eigenvalue weighted by Gasteiger charge is 2.14. The second kappa shape index (κ2) is 12.6. The average molecular weight is 613 g/mol. The van der Waals surface area contributed by atoms with E-state index in [0.29, 0.717) is 23.0 Å². The molecule has 0 aliphatic rings. The van der Waals surface area contributed by atoms with E-state index in [1.165, 1.54) is 16.3 Å². The minimum Gasteiger partial charge on any atom is -0.208 e. The van der Waals surface area contributed by atoms with E-state index in [1.54, 1.807) is 0 Å². The predicted octanol–water partition coefficient (Wildman–Crippen LogP) is 10.9. The van der Waals surface area contributed by atoms with E-state index in [2.05, 4.69) is 91.0 Å². The van der Waals surface area contributed by atoms with Crippen LogP contribution in [-0.2, 0) is 0 Å². The summed E-state index contributed by atoms with van der Waals surface area (Å²) in [6.07, 6.45) is 0. The Kier molecular flexibility index (Phi) is 7.54. The second-order valence-corrected chi connectivity index (χ2v) is 11.6. The summed E-state index contributed by atoms with van der Waals surface area (Å²) in [7, 11) is 0. The van der Waals surface area contributed by atoms with Crippen molar-refractivity contribution in [2.24, 2.45) is 0 Å². The summed E-state index contributed by atoms with van der Waals surface area (Å²) in [5.74, 6) is 1.91. The lowest BCUT2D eigenvalue weighted by molar-refractivity contribution is 1.07. The Hall–Kier alpha value is -6.70. The molecule has 1 aromatic heterocycles. The molecule has 0 saturated carbocycles. The van der Waals surface area contributed by atoms with E-state index >= 15 is 0 Å². The highest BCUT2D eigenvalue weighted by Crippen LogP contribution is 2.37. The van der Waals surface area contributed by atoms with Crippen LogP contribution in [-0.4, -0.2) is 15.0 Å². The van der Waals surface area contributed by atoms with E-state index in [-0.39, 0.29) is 0 Å². The van der Waals surface area contributed by atoms with Crippen molar-refractivity contribution in [3.8, 4) is 73.6 Å². The third-order valence-corrected chi connectivity index (χ3v) is 8.58. The first-order valence-electron chi connectivity index (χ1n) is 15.8. The van der Waals surface area contributed by atoms with Crippen molar-refractivity contribution in [2.75, 3.05) is 0 Å². The lowest BCUT2D eigenvalue weighted by Gasteiger charge is -2.13. The second-order valence-electron chi connectivity index (χ2n) is 11.6. The highest BCUT2D eigenvalue weighted by atomic mass is 15.0. The number of aromatic nitrogens is 3. The topological polar surface area (TPSA) is 62.5 Å². The third kappa shape index (κ3) is 5.62. The van der Waals surface area contributed by atoms with Gasteiger partial charge in [0.1, 0.15) is 0 Å². The fourth-order valence-corrected chi connectivity index (χ4v) is 6.17. The first kappa shape index (κ1) is 28.8. The molecule has 0 aliphatic heterocycles. The third-order valence-electron chi connectivity index (χ3n) is 8.58. The van der Waals surface area contributed by atoms with Gasteiger partial charge >= 0.3 is 0 Å². The van der Waals surface area contributed by atoms with Crippen molar-refractivity contribution in [2.45, 2.75) is 0 Å². The number of hydrogen-bond donors (Lipinski definition) is 0. The van der Waals surface area contributed by atoms with Crippen LogP contribution in [0.5, 0.6) is 0 Å². The molecule has 0 spiro atoms. The summed E-state index contributed by atoms with van der Waals surface area (Å²) < 4.78 is 0. The number of hydrogen-bond acceptors (Lipinski definition) is 4. The minimum absolute atomic E-state index is 0.630. The zero-order chi connectivity index (χ0) is 32.3. The normalized spacial score (nSPS) is 10.9. The van der Waals surface area contributed by atoms with Crippen molar-refractivity contribution >= 4 is 10.8 Å². The molecule has 0 atom stereocenters. The molecular formula is C44H28N4. The standard InChI is InChI=1S/C44H28N4/c45-29-30-21-23-31(24-22-30)38-25-26-39(41-20-8-7-19-40(38)41)36-17-9-15-34(27-36)35-16-10-18-37(28-35)44-47-42(32-11-3-1-4-12-32)46-43(48-44)33-13-5-2-6-14-33/h1-28H. The Labute approximate surface area is 279 Å². The maximum absolute atomic E-state index is 9.26. The van der Waals surface area contributed by atoms with E-state index in [1.807, 2.05) is 84.9 Å². The molecule has 8 aromatic rings. The fourth-order valence-electron chi connectivity index (χ4n) is 6.17. The Balaban J connectivity index is 1.19. The van der Waals surface area contributed by atoms with Crippen molar-refractivity contribution in [1.82, 2.24) is 15.0 Å². The van der Waals surface area contributed by atoms with Gasteiger partial charge in [-0.05, 0) is 68.4 Å². The molecule has 0 fully saturated rings. The van der Waals surface area contributed by atoms with Gasteiger partial charge in [0.05, 0.1) is 11.6 Å². The van der Waals surface area contributed by atoms with E-state index in [0.717, 1.165) is 44.5 Å². The molecule has 4 nitrogen and oxygen atoms in total. The zero-order valence-corrected chi connectivity index (χ0v) is 26.0. The average Bonchev–Trinajstić information content (AvgIpc) is 3.18. The number of fused-ring (bicyclic) bond motifs is 1. The first-order valence-corrected chi connectivity index (χ1v) is 15.8. The van der Waals surface area contributed by atoms with Gasteiger partial charge in [-0.1, -0.05) is 146 Å². The maximum Gasteiger partial charge on any atom is 0.164 e. The predicted molar refractivity (Wildman–Crippen MR) is 195 cm³/mol. The first-order chi connectivity index (χ1) is 23.7. The van der Waals surface area contributed by atoms with Gasteiger partial charge in [0.15, 0.2) is 17.5 Å².